The molecule has 1 aliphatic rings. The summed E-state index contributed by atoms with van der Waals surface area (Å²) in [6.07, 6.45) is 3.13. The Morgan fingerprint density at radius 2 is 2.05 bits per heavy atom. The number of aromatic nitrogens is 3. The number of hydrogen-bond donors (Lipinski definition) is 1. The molecule has 2 rings (SSSR count). The summed E-state index contributed by atoms with van der Waals surface area (Å²) in [7, 11) is 3.04. The van der Waals surface area contributed by atoms with Crippen molar-refractivity contribution in [2.75, 3.05) is 18.0 Å². The maximum atomic E-state index is 12.3. The second-order valence-electron chi connectivity index (χ2n) is 5.48. The van der Waals surface area contributed by atoms with Crippen LogP contribution >= 0.6 is 0 Å². The van der Waals surface area contributed by atoms with Gasteiger partial charge in [0.1, 0.15) is 0 Å². The van der Waals surface area contributed by atoms with Crippen molar-refractivity contribution in [3.63, 3.8) is 0 Å². The third-order valence-electron chi connectivity index (χ3n) is 4.25. The van der Waals surface area contributed by atoms with Crippen LogP contribution in [0, 0.1) is 5.92 Å². The molecule has 0 aliphatic carbocycles. The van der Waals surface area contributed by atoms with Gasteiger partial charge in [0, 0.05) is 33.2 Å². The van der Waals surface area contributed by atoms with Crippen LogP contribution in [-0.2, 0) is 14.1 Å². The van der Waals surface area contributed by atoms with Gasteiger partial charge < -0.3 is 10.6 Å². The van der Waals surface area contributed by atoms with E-state index in [-0.39, 0.29) is 11.6 Å². The van der Waals surface area contributed by atoms with Crippen LogP contribution in [0.25, 0.3) is 0 Å². The van der Waals surface area contributed by atoms with Crippen LogP contribution in [0.4, 0.5) is 5.82 Å². The van der Waals surface area contributed by atoms with E-state index in [1.807, 2.05) is 4.90 Å². The Balaban J connectivity index is 2.41. The van der Waals surface area contributed by atoms with Crippen LogP contribution < -0.4 is 21.9 Å². The molecule has 0 aromatic carbocycles. The molecule has 0 spiro atoms. The predicted molar refractivity (Wildman–Crippen MR) is 77.9 cm³/mol. The van der Waals surface area contributed by atoms with Crippen molar-refractivity contribution in [2.45, 2.75) is 32.2 Å². The average Bonchev–Trinajstić information content (AvgIpc) is 2.48. The Morgan fingerprint density at radius 3 is 2.65 bits per heavy atom. The van der Waals surface area contributed by atoms with Crippen LogP contribution in [0.2, 0.25) is 0 Å². The Labute approximate surface area is 118 Å². The van der Waals surface area contributed by atoms with E-state index < -0.39 is 5.69 Å². The molecule has 0 radical (unpaired) electrons. The van der Waals surface area contributed by atoms with E-state index >= 15 is 0 Å². The molecule has 1 aromatic heterocycles. The zero-order valence-corrected chi connectivity index (χ0v) is 12.4. The van der Waals surface area contributed by atoms with Crippen molar-refractivity contribution < 1.29 is 0 Å². The molecule has 20 heavy (non-hydrogen) atoms. The summed E-state index contributed by atoms with van der Waals surface area (Å²) in [5.41, 5.74) is 5.10. The number of nitrogens with zero attached hydrogens (tertiary/aromatic N) is 4. The lowest BCUT2D eigenvalue weighted by Gasteiger charge is -2.39. The molecular weight excluding hydrogens is 258 g/mol. The van der Waals surface area contributed by atoms with E-state index in [4.69, 9.17) is 5.73 Å². The SMILES string of the molecule is CCC1CCN(c2nn(C)c(=O)n(C)c2=O)C(CN)C1. The second kappa shape index (κ2) is 5.78. The normalized spacial score (nSPS) is 23.1. The van der Waals surface area contributed by atoms with Gasteiger partial charge in [0.25, 0.3) is 5.56 Å². The molecular formula is C13H23N5O2. The third-order valence-corrected chi connectivity index (χ3v) is 4.25. The Bertz CT molecular complexity index is 591. The van der Waals surface area contributed by atoms with Crippen molar-refractivity contribution in [3.05, 3.63) is 20.8 Å². The highest BCUT2D eigenvalue weighted by atomic mass is 16.2. The fourth-order valence-electron chi connectivity index (χ4n) is 2.87. The molecule has 2 atom stereocenters. The Kier molecular flexibility index (Phi) is 4.27. The molecule has 7 nitrogen and oxygen atoms in total. The highest BCUT2D eigenvalue weighted by molar-refractivity contribution is 5.37. The van der Waals surface area contributed by atoms with E-state index in [1.165, 1.54) is 11.7 Å². The highest BCUT2D eigenvalue weighted by Crippen LogP contribution is 2.26. The minimum atomic E-state index is -0.411. The van der Waals surface area contributed by atoms with Gasteiger partial charge in [-0.3, -0.25) is 9.36 Å². The summed E-state index contributed by atoms with van der Waals surface area (Å²) in [5.74, 6) is 0.982. The fourth-order valence-corrected chi connectivity index (χ4v) is 2.87. The summed E-state index contributed by atoms with van der Waals surface area (Å²) in [6, 6.07) is 0.117. The van der Waals surface area contributed by atoms with E-state index in [1.54, 1.807) is 7.05 Å². The van der Waals surface area contributed by atoms with Crippen LogP contribution in [0.3, 0.4) is 0 Å². The molecule has 2 N–H and O–H groups in total. The van der Waals surface area contributed by atoms with Gasteiger partial charge in [-0.1, -0.05) is 13.3 Å². The number of nitrogens with two attached hydrogens (primary N) is 1. The molecule has 1 saturated heterocycles. The van der Waals surface area contributed by atoms with Crippen molar-refractivity contribution in [1.29, 1.82) is 0 Å². The van der Waals surface area contributed by atoms with E-state index in [9.17, 15) is 9.59 Å². The third kappa shape index (κ3) is 2.49. The maximum absolute atomic E-state index is 12.3. The van der Waals surface area contributed by atoms with Gasteiger partial charge in [-0.2, -0.15) is 0 Å². The Hall–Kier alpha value is -1.63. The number of hydrogen-bond acceptors (Lipinski definition) is 5. The van der Waals surface area contributed by atoms with E-state index in [2.05, 4.69) is 12.0 Å². The zero-order valence-electron chi connectivity index (χ0n) is 12.4. The van der Waals surface area contributed by atoms with Gasteiger partial charge >= 0.3 is 5.69 Å². The molecule has 0 bridgehead atoms. The highest BCUT2D eigenvalue weighted by Gasteiger charge is 2.30. The number of piperidine rings is 1. The van der Waals surface area contributed by atoms with Crippen LogP contribution in [0.15, 0.2) is 9.59 Å². The molecule has 1 aromatic rings. The van der Waals surface area contributed by atoms with Crippen LogP contribution in [-0.4, -0.2) is 33.5 Å². The summed E-state index contributed by atoms with van der Waals surface area (Å²) >= 11 is 0. The van der Waals surface area contributed by atoms with Crippen LogP contribution in [0.1, 0.15) is 26.2 Å². The monoisotopic (exact) mass is 281 g/mol. The van der Waals surface area contributed by atoms with Gasteiger partial charge in [0.15, 0.2) is 0 Å². The fraction of sp³-hybridized carbons (Fsp3) is 0.769. The smallest absolute Gasteiger partial charge is 0.346 e. The maximum Gasteiger partial charge on any atom is 0.346 e. The largest absolute Gasteiger partial charge is 0.346 e. The molecule has 1 fully saturated rings. The van der Waals surface area contributed by atoms with E-state index in [0.29, 0.717) is 18.3 Å². The summed E-state index contributed by atoms with van der Waals surface area (Å²) < 4.78 is 2.30. The quantitative estimate of drug-likeness (QED) is 0.802. The summed E-state index contributed by atoms with van der Waals surface area (Å²) in [6.45, 7) is 3.43. The first-order valence-corrected chi connectivity index (χ1v) is 7.10. The molecule has 0 amide bonds. The number of aryl methyl sites for hydroxylation is 1. The van der Waals surface area contributed by atoms with E-state index in [0.717, 1.165) is 30.4 Å². The minimum Gasteiger partial charge on any atom is -0.346 e. The minimum absolute atomic E-state index is 0.117. The first-order chi connectivity index (χ1) is 9.49. The number of anilines is 1. The molecule has 112 valence electrons. The lowest BCUT2D eigenvalue weighted by Crippen LogP contribution is -2.51. The zero-order chi connectivity index (χ0) is 14.9. The van der Waals surface area contributed by atoms with Gasteiger partial charge in [-0.05, 0) is 18.8 Å². The van der Waals surface area contributed by atoms with Gasteiger partial charge in [0.2, 0.25) is 5.82 Å². The van der Waals surface area contributed by atoms with Gasteiger partial charge in [-0.25, -0.2) is 9.48 Å². The first-order valence-electron chi connectivity index (χ1n) is 7.10. The van der Waals surface area contributed by atoms with Crippen molar-refractivity contribution in [3.8, 4) is 0 Å². The Morgan fingerprint density at radius 1 is 1.35 bits per heavy atom. The lowest BCUT2D eigenvalue weighted by molar-refractivity contribution is 0.331. The van der Waals surface area contributed by atoms with Crippen molar-refractivity contribution in [2.24, 2.45) is 25.7 Å². The lowest BCUT2D eigenvalue weighted by atomic mass is 9.89. The average molecular weight is 281 g/mol. The first kappa shape index (κ1) is 14.8. The van der Waals surface area contributed by atoms with Crippen molar-refractivity contribution in [1.82, 2.24) is 14.3 Å². The molecule has 2 unspecified atom stereocenters. The predicted octanol–water partition coefficient (Wildman–Crippen LogP) is -0.567. The molecule has 0 saturated carbocycles. The topological polar surface area (TPSA) is 86.2 Å². The molecule has 2 heterocycles. The standard InChI is InChI=1S/C13H23N5O2/c1-4-9-5-6-18(10(7-9)8-14)11-12(19)16(2)13(20)17(3)15-11/h9-10H,4-8,14H2,1-3H3. The molecule has 1 aliphatic heterocycles. The second-order valence-corrected chi connectivity index (χ2v) is 5.48. The molecule has 7 heteroatoms. The summed E-state index contributed by atoms with van der Waals surface area (Å²) in [5, 5.41) is 4.15. The van der Waals surface area contributed by atoms with Crippen LogP contribution in [0.5, 0.6) is 0 Å². The summed E-state index contributed by atoms with van der Waals surface area (Å²) in [4.78, 5) is 25.9. The van der Waals surface area contributed by atoms with Crippen molar-refractivity contribution >= 4 is 5.82 Å². The van der Waals surface area contributed by atoms with Gasteiger partial charge in [-0.15, -0.1) is 5.10 Å². The van der Waals surface area contributed by atoms with Gasteiger partial charge in [0.05, 0.1) is 0 Å². The number of rotatable bonds is 3.